The second-order valence-corrected chi connectivity index (χ2v) is 6.02. The first-order valence-corrected chi connectivity index (χ1v) is 9.18. The van der Waals surface area contributed by atoms with Gasteiger partial charge in [0.2, 0.25) is 0 Å². The topological polar surface area (TPSA) is 67.2 Å². The quantitative estimate of drug-likeness (QED) is 0.626. The van der Waals surface area contributed by atoms with Crippen LogP contribution >= 0.6 is 0 Å². The van der Waals surface area contributed by atoms with Crippen LogP contribution in [0.5, 0.6) is 11.5 Å². The first-order valence-electron chi connectivity index (χ1n) is 9.18. The number of pyridine rings is 1. The molecule has 2 aromatic carbocycles. The molecule has 3 rings (SSSR count). The molecule has 0 saturated carbocycles. The van der Waals surface area contributed by atoms with Crippen LogP contribution in [0.3, 0.4) is 0 Å². The Labute approximate surface area is 159 Å². The highest BCUT2D eigenvalue weighted by atomic mass is 16.5. The van der Waals surface area contributed by atoms with E-state index in [1.807, 2.05) is 38.1 Å². The number of aryl methyl sites for hydroxylation is 1. The molecule has 0 radical (unpaired) electrons. The summed E-state index contributed by atoms with van der Waals surface area (Å²) in [5, 5.41) is 13.8. The third-order valence-electron chi connectivity index (χ3n) is 4.26. The van der Waals surface area contributed by atoms with Gasteiger partial charge < -0.3 is 14.8 Å². The van der Waals surface area contributed by atoms with E-state index in [4.69, 9.17) is 9.47 Å². The van der Waals surface area contributed by atoms with Crippen LogP contribution in [0.2, 0.25) is 0 Å². The van der Waals surface area contributed by atoms with Crippen LogP contribution in [0.15, 0.2) is 42.6 Å². The van der Waals surface area contributed by atoms with E-state index in [0.717, 1.165) is 28.7 Å². The molecule has 27 heavy (non-hydrogen) atoms. The summed E-state index contributed by atoms with van der Waals surface area (Å²) in [7, 11) is 0. The number of ether oxygens (including phenoxy) is 2. The Bertz CT molecular complexity index is 993. The van der Waals surface area contributed by atoms with Crippen molar-refractivity contribution in [2.75, 3.05) is 18.5 Å². The van der Waals surface area contributed by atoms with E-state index in [9.17, 15) is 5.26 Å². The maximum Gasteiger partial charge on any atom is 0.163 e. The largest absolute Gasteiger partial charge is 0.490 e. The SMILES string of the molecule is CCOc1cc2ncc(C#N)c(Nc3cccc(CC)c3)c2cc1OCC. The molecule has 0 saturated heterocycles. The maximum atomic E-state index is 9.58. The van der Waals surface area contributed by atoms with Crippen LogP contribution in [0, 0.1) is 11.3 Å². The molecule has 0 amide bonds. The molecule has 1 heterocycles. The second kappa shape index (κ2) is 8.41. The van der Waals surface area contributed by atoms with Gasteiger partial charge >= 0.3 is 0 Å². The monoisotopic (exact) mass is 361 g/mol. The number of nitrogens with zero attached hydrogens (tertiary/aromatic N) is 2. The summed E-state index contributed by atoms with van der Waals surface area (Å²) in [4.78, 5) is 4.43. The van der Waals surface area contributed by atoms with E-state index < -0.39 is 0 Å². The molecule has 5 heteroatoms. The molecule has 3 aromatic rings. The van der Waals surface area contributed by atoms with Crippen molar-refractivity contribution in [1.82, 2.24) is 4.98 Å². The van der Waals surface area contributed by atoms with Crippen molar-refractivity contribution < 1.29 is 9.47 Å². The number of hydrogen-bond acceptors (Lipinski definition) is 5. The van der Waals surface area contributed by atoms with E-state index in [1.165, 1.54) is 5.56 Å². The number of nitrogens with one attached hydrogen (secondary N) is 1. The van der Waals surface area contributed by atoms with Gasteiger partial charge in [0, 0.05) is 23.3 Å². The maximum absolute atomic E-state index is 9.58. The molecule has 138 valence electrons. The third kappa shape index (κ3) is 3.95. The summed E-state index contributed by atoms with van der Waals surface area (Å²) in [5.41, 5.74) is 4.11. The Hall–Kier alpha value is -3.26. The number of rotatable bonds is 7. The number of hydrogen-bond donors (Lipinski definition) is 1. The lowest BCUT2D eigenvalue weighted by molar-refractivity contribution is 0.288. The van der Waals surface area contributed by atoms with Gasteiger partial charge in [0.25, 0.3) is 0 Å². The average Bonchev–Trinajstić information content (AvgIpc) is 2.69. The van der Waals surface area contributed by atoms with Crippen molar-refractivity contribution in [2.45, 2.75) is 27.2 Å². The number of benzene rings is 2. The van der Waals surface area contributed by atoms with E-state index in [0.29, 0.717) is 30.3 Å². The molecule has 0 aliphatic heterocycles. The Kier molecular flexibility index (Phi) is 5.77. The minimum Gasteiger partial charge on any atom is -0.490 e. The van der Waals surface area contributed by atoms with Crippen molar-refractivity contribution in [2.24, 2.45) is 0 Å². The van der Waals surface area contributed by atoms with Crippen LogP contribution in [0.1, 0.15) is 31.9 Å². The Balaban J connectivity index is 2.16. The van der Waals surface area contributed by atoms with Crippen LogP contribution in [-0.4, -0.2) is 18.2 Å². The van der Waals surface area contributed by atoms with Gasteiger partial charge in [0.05, 0.1) is 30.0 Å². The van der Waals surface area contributed by atoms with Gasteiger partial charge in [-0.1, -0.05) is 19.1 Å². The lowest BCUT2D eigenvalue weighted by Gasteiger charge is -2.16. The van der Waals surface area contributed by atoms with E-state index in [1.54, 1.807) is 6.20 Å². The van der Waals surface area contributed by atoms with Gasteiger partial charge in [-0.3, -0.25) is 4.98 Å². The second-order valence-electron chi connectivity index (χ2n) is 6.02. The Morgan fingerprint density at radius 2 is 1.78 bits per heavy atom. The number of anilines is 2. The Morgan fingerprint density at radius 1 is 1.04 bits per heavy atom. The lowest BCUT2D eigenvalue weighted by atomic mass is 10.1. The number of nitriles is 1. The van der Waals surface area contributed by atoms with Gasteiger partial charge in [0.1, 0.15) is 6.07 Å². The fraction of sp³-hybridized carbons (Fsp3) is 0.273. The van der Waals surface area contributed by atoms with Crippen molar-refractivity contribution in [3.63, 3.8) is 0 Å². The number of fused-ring (bicyclic) bond motifs is 1. The summed E-state index contributed by atoms with van der Waals surface area (Å²) in [5.74, 6) is 1.30. The summed E-state index contributed by atoms with van der Waals surface area (Å²) in [6, 6.07) is 14.2. The first-order chi connectivity index (χ1) is 13.2. The molecule has 1 N–H and O–H groups in total. The predicted molar refractivity (Wildman–Crippen MR) is 108 cm³/mol. The van der Waals surface area contributed by atoms with Crippen molar-refractivity contribution in [3.8, 4) is 17.6 Å². The van der Waals surface area contributed by atoms with Crippen LogP contribution in [-0.2, 0) is 6.42 Å². The highest BCUT2D eigenvalue weighted by Crippen LogP contribution is 2.37. The molecule has 5 nitrogen and oxygen atoms in total. The summed E-state index contributed by atoms with van der Waals surface area (Å²) >= 11 is 0. The summed E-state index contributed by atoms with van der Waals surface area (Å²) < 4.78 is 11.4. The minimum atomic E-state index is 0.482. The Morgan fingerprint density at radius 3 is 2.44 bits per heavy atom. The molecular weight excluding hydrogens is 338 g/mol. The lowest BCUT2D eigenvalue weighted by Crippen LogP contribution is -2.01. The summed E-state index contributed by atoms with van der Waals surface area (Å²) in [6.45, 7) is 7.04. The van der Waals surface area contributed by atoms with E-state index >= 15 is 0 Å². The molecule has 0 fully saturated rings. The molecule has 0 unspecified atom stereocenters. The van der Waals surface area contributed by atoms with Crippen molar-refractivity contribution >= 4 is 22.3 Å². The minimum absolute atomic E-state index is 0.482. The zero-order valence-electron chi connectivity index (χ0n) is 15.9. The zero-order chi connectivity index (χ0) is 19.2. The fourth-order valence-corrected chi connectivity index (χ4v) is 2.97. The van der Waals surface area contributed by atoms with E-state index in [2.05, 4.69) is 35.4 Å². The van der Waals surface area contributed by atoms with E-state index in [-0.39, 0.29) is 0 Å². The van der Waals surface area contributed by atoms with Crippen LogP contribution in [0.25, 0.3) is 10.9 Å². The van der Waals surface area contributed by atoms with Gasteiger partial charge in [-0.25, -0.2) is 0 Å². The smallest absolute Gasteiger partial charge is 0.163 e. The van der Waals surface area contributed by atoms with Crippen LogP contribution in [0.4, 0.5) is 11.4 Å². The zero-order valence-corrected chi connectivity index (χ0v) is 15.9. The molecule has 0 bridgehead atoms. The van der Waals surface area contributed by atoms with Gasteiger partial charge in [-0.2, -0.15) is 5.26 Å². The molecule has 0 aliphatic rings. The van der Waals surface area contributed by atoms with Gasteiger partial charge in [-0.15, -0.1) is 0 Å². The third-order valence-corrected chi connectivity index (χ3v) is 4.26. The molecule has 1 aromatic heterocycles. The van der Waals surface area contributed by atoms with Crippen molar-refractivity contribution in [1.29, 1.82) is 5.26 Å². The normalized spacial score (nSPS) is 10.4. The standard InChI is InChI=1S/C22H23N3O2/c1-4-15-8-7-9-17(10-15)25-22-16(13-23)14-24-19-12-21(27-6-3)20(26-5-2)11-18(19)22/h7-12,14H,4-6H2,1-3H3,(H,24,25). The summed E-state index contributed by atoms with van der Waals surface area (Å²) in [6.07, 6.45) is 2.54. The highest BCUT2D eigenvalue weighted by Gasteiger charge is 2.14. The first kappa shape index (κ1) is 18.5. The van der Waals surface area contributed by atoms with Crippen LogP contribution < -0.4 is 14.8 Å². The predicted octanol–water partition coefficient (Wildman–Crippen LogP) is 5.21. The fourth-order valence-electron chi connectivity index (χ4n) is 2.97. The molecular formula is C22H23N3O2. The average molecular weight is 361 g/mol. The molecule has 0 atom stereocenters. The molecule has 0 spiro atoms. The van der Waals surface area contributed by atoms with Crippen molar-refractivity contribution in [3.05, 3.63) is 53.7 Å². The van der Waals surface area contributed by atoms with Gasteiger partial charge in [-0.05, 0) is 44.0 Å². The molecule has 0 aliphatic carbocycles. The number of aromatic nitrogens is 1. The highest BCUT2D eigenvalue weighted by molar-refractivity contribution is 5.97. The van der Waals surface area contributed by atoms with Gasteiger partial charge in [0.15, 0.2) is 11.5 Å².